The lowest BCUT2D eigenvalue weighted by Crippen LogP contribution is -2.45. The van der Waals surface area contributed by atoms with Gasteiger partial charge in [-0.2, -0.15) is 0 Å². The number of carbonyl (C=O) groups is 2. The minimum atomic E-state index is -0.272. The maximum Gasteiger partial charge on any atom is 0.321 e. The van der Waals surface area contributed by atoms with Gasteiger partial charge in [0.05, 0.1) is 5.92 Å². The molecule has 1 unspecified atom stereocenters. The number of anilines is 2. The van der Waals surface area contributed by atoms with Crippen LogP contribution in [-0.2, 0) is 4.79 Å². The zero-order valence-corrected chi connectivity index (χ0v) is 17.5. The Labute approximate surface area is 179 Å². The van der Waals surface area contributed by atoms with E-state index in [0.717, 1.165) is 34.7 Å². The van der Waals surface area contributed by atoms with E-state index in [1.165, 1.54) is 11.3 Å². The minimum Gasteiger partial charge on any atom is -0.324 e. The standard InChI is InChI=1S/C22H23N5O2S/c1-15-7-5-11-18(13-15)23-22(29)27-12-6-10-17(14-27)19(28)24-21-26-25-20(30-21)16-8-3-2-4-9-16/h2-5,7-9,11,13,17H,6,10,12,14H2,1H3,(H,23,29)(H,24,26,28). The number of rotatable bonds is 4. The predicted molar refractivity (Wildman–Crippen MR) is 118 cm³/mol. The van der Waals surface area contributed by atoms with Crippen LogP contribution in [0.2, 0.25) is 0 Å². The quantitative estimate of drug-likeness (QED) is 0.654. The topological polar surface area (TPSA) is 87.2 Å². The first-order chi connectivity index (χ1) is 14.6. The molecular formula is C22H23N5O2S. The molecule has 3 aromatic rings. The summed E-state index contributed by atoms with van der Waals surface area (Å²) >= 11 is 1.34. The number of carbonyl (C=O) groups excluding carboxylic acids is 2. The van der Waals surface area contributed by atoms with Crippen LogP contribution in [0.3, 0.4) is 0 Å². The van der Waals surface area contributed by atoms with Crippen LogP contribution in [-0.4, -0.2) is 40.1 Å². The fourth-order valence-electron chi connectivity index (χ4n) is 3.48. The summed E-state index contributed by atoms with van der Waals surface area (Å²) in [7, 11) is 0. The maximum absolute atomic E-state index is 12.8. The number of aromatic nitrogens is 2. The number of urea groups is 1. The molecule has 0 spiro atoms. The van der Waals surface area contributed by atoms with Gasteiger partial charge >= 0.3 is 6.03 Å². The molecule has 0 radical (unpaired) electrons. The van der Waals surface area contributed by atoms with Crippen molar-refractivity contribution in [2.45, 2.75) is 19.8 Å². The van der Waals surface area contributed by atoms with Crippen molar-refractivity contribution in [2.75, 3.05) is 23.7 Å². The number of likely N-dealkylation sites (tertiary alicyclic amines) is 1. The second-order valence-electron chi connectivity index (χ2n) is 7.35. The van der Waals surface area contributed by atoms with E-state index < -0.39 is 0 Å². The average molecular weight is 422 g/mol. The minimum absolute atomic E-state index is 0.126. The van der Waals surface area contributed by atoms with Gasteiger partial charge in [-0.1, -0.05) is 53.8 Å². The number of benzene rings is 2. The summed E-state index contributed by atoms with van der Waals surface area (Å²) in [6, 6.07) is 17.2. The Kier molecular flexibility index (Phi) is 6.04. The Morgan fingerprint density at radius 3 is 2.70 bits per heavy atom. The fourth-order valence-corrected chi connectivity index (χ4v) is 4.23. The average Bonchev–Trinajstić information content (AvgIpc) is 3.23. The van der Waals surface area contributed by atoms with E-state index >= 15 is 0 Å². The third-order valence-electron chi connectivity index (χ3n) is 5.02. The highest BCUT2D eigenvalue weighted by molar-refractivity contribution is 7.18. The van der Waals surface area contributed by atoms with Gasteiger partial charge in [-0.15, -0.1) is 10.2 Å². The largest absolute Gasteiger partial charge is 0.324 e. The van der Waals surface area contributed by atoms with E-state index in [0.29, 0.717) is 18.2 Å². The summed E-state index contributed by atoms with van der Waals surface area (Å²) in [6.07, 6.45) is 1.52. The highest BCUT2D eigenvalue weighted by Gasteiger charge is 2.29. The highest BCUT2D eigenvalue weighted by atomic mass is 32.1. The Morgan fingerprint density at radius 2 is 1.90 bits per heavy atom. The van der Waals surface area contributed by atoms with Gasteiger partial charge in [0.15, 0.2) is 0 Å². The first-order valence-electron chi connectivity index (χ1n) is 9.91. The van der Waals surface area contributed by atoms with E-state index in [4.69, 9.17) is 0 Å². The lowest BCUT2D eigenvalue weighted by Gasteiger charge is -2.31. The molecule has 1 saturated heterocycles. The summed E-state index contributed by atoms with van der Waals surface area (Å²) in [5.41, 5.74) is 2.80. The van der Waals surface area contributed by atoms with Gasteiger partial charge in [-0.25, -0.2) is 4.79 Å². The van der Waals surface area contributed by atoms with Crippen molar-refractivity contribution < 1.29 is 9.59 Å². The maximum atomic E-state index is 12.8. The third-order valence-corrected chi connectivity index (χ3v) is 5.91. The van der Waals surface area contributed by atoms with E-state index in [-0.39, 0.29) is 17.9 Å². The molecule has 1 aliphatic heterocycles. The van der Waals surface area contributed by atoms with Crippen molar-refractivity contribution in [3.63, 3.8) is 0 Å². The number of hydrogen-bond donors (Lipinski definition) is 2. The molecule has 4 rings (SSSR count). The Morgan fingerprint density at radius 1 is 1.07 bits per heavy atom. The molecule has 0 bridgehead atoms. The molecule has 2 N–H and O–H groups in total. The van der Waals surface area contributed by atoms with E-state index in [1.54, 1.807) is 4.90 Å². The first-order valence-corrected chi connectivity index (χ1v) is 10.7. The number of amides is 3. The van der Waals surface area contributed by atoms with Gasteiger partial charge in [0.1, 0.15) is 5.01 Å². The van der Waals surface area contributed by atoms with Crippen molar-refractivity contribution in [1.29, 1.82) is 0 Å². The second-order valence-corrected chi connectivity index (χ2v) is 8.33. The van der Waals surface area contributed by atoms with E-state index in [1.807, 2.05) is 61.5 Å². The van der Waals surface area contributed by atoms with E-state index in [9.17, 15) is 9.59 Å². The van der Waals surface area contributed by atoms with E-state index in [2.05, 4.69) is 20.8 Å². The number of nitrogens with one attached hydrogen (secondary N) is 2. The number of aryl methyl sites for hydroxylation is 1. The molecule has 0 aliphatic carbocycles. The summed E-state index contributed by atoms with van der Waals surface area (Å²) in [5.74, 6) is -0.398. The van der Waals surface area contributed by atoms with Crippen LogP contribution in [0, 0.1) is 12.8 Å². The zero-order chi connectivity index (χ0) is 20.9. The number of nitrogens with zero attached hydrogens (tertiary/aromatic N) is 3. The van der Waals surface area contributed by atoms with Crippen LogP contribution < -0.4 is 10.6 Å². The van der Waals surface area contributed by atoms with Crippen LogP contribution in [0.1, 0.15) is 18.4 Å². The molecule has 1 fully saturated rings. The van der Waals surface area contributed by atoms with Gasteiger partial charge in [-0.3, -0.25) is 4.79 Å². The normalized spacial score (nSPS) is 16.2. The Balaban J connectivity index is 1.35. The molecule has 0 saturated carbocycles. The Bertz CT molecular complexity index is 1040. The summed E-state index contributed by atoms with van der Waals surface area (Å²) < 4.78 is 0. The van der Waals surface area contributed by atoms with Crippen molar-refractivity contribution in [3.05, 3.63) is 60.2 Å². The van der Waals surface area contributed by atoms with Crippen LogP contribution >= 0.6 is 11.3 Å². The third kappa shape index (κ3) is 4.83. The van der Waals surface area contributed by atoms with Crippen LogP contribution in [0.25, 0.3) is 10.6 Å². The second kappa shape index (κ2) is 9.04. The molecular weight excluding hydrogens is 398 g/mol. The molecule has 3 amide bonds. The molecule has 2 aromatic carbocycles. The SMILES string of the molecule is Cc1cccc(NC(=O)N2CCCC(C(=O)Nc3nnc(-c4ccccc4)s3)C2)c1. The van der Waals surface area contributed by atoms with Crippen molar-refractivity contribution in [3.8, 4) is 10.6 Å². The molecule has 154 valence electrons. The molecule has 8 heteroatoms. The molecule has 30 heavy (non-hydrogen) atoms. The van der Waals surface area contributed by atoms with Gasteiger partial charge in [-0.05, 0) is 37.5 Å². The van der Waals surface area contributed by atoms with Crippen LogP contribution in [0.15, 0.2) is 54.6 Å². The molecule has 1 atom stereocenters. The van der Waals surface area contributed by atoms with Gasteiger partial charge < -0.3 is 15.5 Å². The van der Waals surface area contributed by atoms with Gasteiger partial charge in [0, 0.05) is 24.3 Å². The van der Waals surface area contributed by atoms with Crippen LogP contribution in [0.5, 0.6) is 0 Å². The number of hydrogen-bond acceptors (Lipinski definition) is 5. The summed E-state index contributed by atoms with van der Waals surface area (Å²) in [4.78, 5) is 27.1. The van der Waals surface area contributed by atoms with Gasteiger partial charge in [0.25, 0.3) is 0 Å². The first kappa shape index (κ1) is 20.0. The van der Waals surface area contributed by atoms with Crippen molar-refractivity contribution in [2.24, 2.45) is 5.92 Å². The fraction of sp³-hybridized carbons (Fsp3) is 0.273. The molecule has 1 aromatic heterocycles. The monoisotopic (exact) mass is 421 g/mol. The van der Waals surface area contributed by atoms with Gasteiger partial charge in [0.2, 0.25) is 11.0 Å². The zero-order valence-electron chi connectivity index (χ0n) is 16.7. The number of piperidine rings is 1. The predicted octanol–water partition coefficient (Wildman–Crippen LogP) is 4.40. The highest BCUT2D eigenvalue weighted by Crippen LogP contribution is 2.27. The van der Waals surface area contributed by atoms with Crippen molar-refractivity contribution >= 4 is 34.1 Å². The molecule has 2 heterocycles. The van der Waals surface area contributed by atoms with Crippen LogP contribution in [0.4, 0.5) is 15.6 Å². The summed E-state index contributed by atoms with van der Waals surface area (Å²) in [5, 5.41) is 15.3. The molecule has 1 aliphatic rings. The smallest absolute Gasteiger partial charge is 0.321 e. The Hall–Kier alpha value is -3.26. The van der Waals surface area contributed by atoms with Crippen molar-refractivity contribution in [1.82, 2.24) is 15.1 Å². The lowest BCUT2D eigenvalue weighted by molar-refractivity contribution is -0.121. The lowest BCUT2D eigenvalue weighted by atomic mass is 9.97. The molecule has 7 nitrogen and oxygen atoms in total. The summed E-state index contributed by atoms with van der Waals surface area (Å²) in [6.45, 7) is 3.00.